The summed E-state index contributed by atoms with van der Waals surface area (Å²) < 4.78 is 49.9. The van der Waals surface area contributed by atoms with Gasteiger partial charge in [-0.1, -0.05) is 54.6 Å². The summed E-state index contributed by atoms with van der Waals surface area (Å²) in [6, 6.07) is 24.3. The second-order valence-corrected chi connectivity index (χ2v) is 13.4. The second-order valence-electron chi connectivity index (χ2n) is 13.4. The van der Waals surface area contributed by atoms with Crippen molar-refractivity contribution in [2.45, 2.75) is 69.9 Å². The fourth-order valence-electron chi connectivity index (χ4n) is 6.30. The molecule has 1 saturated heterocycles. The molecule has 320 valence electrons. The summed E-state index contributed by atoms with van der Waals surface area (Å²) in [4.78, 5) is 59.8. The average molecular weight is 825 g/mol. The van der Waals surface area contributed by atoms with E-state index in [9.17, 15) is 29.1 Å². The van der Waals surface area contributed by atoms with Crippen LogP contribution in [0.5, 0.6) is 11.5 Å². The maximum atomic E-state index is 12.5. The van der Waals surface area contributed by atoms with Crippen LogP contribution >= 0.6 is 0 Å². The van der Waals surface area contributed by atoms with Crippen LogP contribution in [0.3, 0.4) is 0 Å². The SMILES string of the molecule is COc1ccc(C(OCC(O)COC(=O)NCC(=O)NCCCOC2CC(OC(C)=O)C(OC(C)=O)C(COC(C)=O)O2)(c2ccccc2)c2ccc(OC)cc2)cc1. The van der Waals surface area contributed by atoms with Gasteiger partial charge in [0.25, 0.3) is 0 Å². The molecule has 4 rings (SSSR count). The summed E-state index contributed by atoms with van der Waals surface area (Å²) in [6.45, 7) is 2.55. The molecule has 5 atom stereocenters. The minimum atomic E-state index is -1.24. The van der Waals surface area contributed by atoms with Crippen molar-refractivity contribution < 1.29 is 71.7 Å². The summed E-state index contributed by atoms with van der Waals surface area (Å²) in [5.41, 5.74) is 1.11. The van der Waals surface area contributed by atoms with E-state index in [4.69, 9.17) is 42.6 Å². The molecule has 17 heteroatoms. The first kappa shape index (κ1) is 45.9. The number of rotatable bonds is 21. The number of ether oxygens (including phenoxy) is 9. The van der Waals surface area contributed by atoms with E-state index in [0.717, 1.165) is 16.7 Å². The molecular formula is C42H52N2O15. The van der Waals surface area contributed by atoms with Gasteiger partial charge in [-0.25, -0.2) is 4.79 Å². The summed E-state index contributed by atoms with van der Waals surface area (Å²) in [5.74, 6) is -1.03. The Kier molecular flexibility index (Phi) is 17.9. The third-order valence-electron chi connectivity index (χ3n) is 8.97. The van der Waals surface area contributed by atoms with Gasteiger partial charge in [0.15, 0.2) is 12.4 Å². The Morgan fingerprint density at radius 1 is 0.763 bits per heavy atom. The Labute approximate surface area is 342 Å². The van der Waals surface area contributed by atoms with Crippen LogP contribution in [0.15, 0.2) is 78.9 Å². The number of aliphatic hydroxyl groups is 1. The number of aliphatic hydroxyl groups excluding tert-OH is 1. The first-order valence-corrected chi connectivity index (χ1v) is 18.9. The predicted octanol–water partition coefficient (Wildman–Crippen LogP) is 3.16. The molecule has 1 aliphatic rings. The number of hydrogen-bond acceptors (Lipinski definition) is 15. The lowest BCUT2D eigenvalue weighted by molar-refractivity contribution is -0.266. The quantitative estimate of drug-likeness (QED) is 0.0610. The van der Waals surface area contributed by atoms with Crippen LogP contribution < -0.4 is 20.1 Å². The Balaban J connectivity index is 1.24. The molecular weight excluding hydrogens is 772 g/mol. The number of esters is 3. The molecule has 3 N–H and O–H groups in total. The van der Waals surface area contributed by atoms with Crippen LogP contribution in [-0.4, -0.2) is 119 Å². The third-order valence-corrected chi connectivity index (χ3v) is 8.97. The molecule has 5 unspecified atom stereocenters. The number of carbonyl (C=O) groups excluding carboxylic acids is 5. The van der Waals surface area contributed by atoms with Crippen molar-refractivity contribution in [1.29, 1.82) is 0 Å². The van der Waals surface area contributed by atoms with Gasteiger partial charge in [-0.05, 0) is 47.4 Å². The molecule has 59 heavy (non-hydrogen) atoms. The Bertz CT molecular complexity index is 1760. The number of carbonyl (C=O) groups is 5. The molecule has 1 fully saturated rings. The fraction of sp³-hybridized carbons (Fsp3) is 0.452. The predicted molar refractivity (Wildman–Crippen MR) is 208 cm³/mol. The number of amides is 2. The van der Waals surface area contributed by atoms with Crippen LogP contribution in [0.25, 0.3) is 0 Å². The maximum absolute atomic E-state index is 12.5. The standard InChI is InChI=1S/C42H52N2O15/c1-27(45)54-26-37-40(58-29(3)47)36(57-28(2)46)22-39(59-37)53-21-9-20-43-38(49)23-44-41(50)55-24-33(48)25-56-42(30-10-7-6-8-11-30,31-12-16-34(51-4)17-13-31)32-14-18-35(52-5)19-15-32/h6-8,10-19,33,36-37,39-40,48H,9,20-26H2,1-5H3,(H,43,49)(H,44,50). The van der Waals surface area contributed by atoms with Crippen molar-refractivity contribution in [3.05, 3.63) is 95.6 Å². The minimum absolute atomic E-state index is 0.0343. The van der Waals surface area contributed by atoms with E-state index in [1.165, 1.54) is 20.8 Å². The van der Waals surface area contributed by atoms with Crippen LogP contribution in [0.4, 0.5) is 4.79 Å². The van der Waals surface area contributed by atoms with Crippen LogP contribution in [0.2, 0.25) is 0 Å². The van der Waals surface area contributed by atoms with Crippen molar-refractivity contribution in [2.24, 2.45) is 0 Å². The molecule has 0 aromatic heterocycles. The Morgan fingerprint density at radius 2 is 1.36 bits per heavy atom. The summed E-state index contributed by atoms with van der Waals surface area (Å²) >= 11 is 0. The average Bonchev–Trinajstić information content (AvgIpc) is 3.22. The van der Waals surface area contributed by atoms with Gasteiger partial charge in [0.2, 0.25) is 5.91 Å². The van der Waals surface area contributed by atoms with Gasteiger partial charge in [-0.2, -0.15) is 0 Å². The highest BCUT2D eigenvalue weighted by molar-refractivity contribution is 5.82. The first-order valence-electron chi connectivity index (χ1n) is 18.9. The lowest BCUT2D eigenvalue weighted by Gasteiger charge is -2.39. The van der Waals surface area contributed by atoms with Crippen LogP contribution in [-0.2, 0) is 57.9 Å². The van der Waals surface area contributed by atoms with Gasteiger partial charge in [0.05, 0.1) is 34.0 Å². The summed E-state index contributed by atoms with van der Waals surface area (Å²) in [5, 5.41) is 15.9. The lowest BCUT2D eigenvalue weighted by atomic mass is 9.80. The maximum Gasteiger partial charge on any atom is 0.407 e. The number of benzene rings is 3. The van der Waals surface area contributed by atoms with E-state index in [-0.39, 0.29) is 32.8 Å². The molecule has 0 spiro atoms. The normalized spacial score (nSPS) is 18.1. The highest BCUT2D eigenvalue weighted by Gasteiger charge is 2.44. The first-order chi connectivity index (χ1) is 28.3. The molecule has 0 radical (unpaired) electrons. The van der Waals surface area contributed by atoms with Gasteiger partial charge in [0, 0.05) is 33.7 Å². The monoisotopic (exact) mass is 824 g/mol. The number of hydrogen-bond donors (Lipinski definition) is 3. The van der Waals surface area contributed by atoms with E-state index >= 15 is 0 Å². The van der Waals surface area contributed by atoms with Crippen molar-refractivity contribution in [3.63, 3.8) is 0 Å². The van der Waals surface area contributed by atoms with E-state index in [0.29, 0.717) is 17.9 Å². The van der Waals surface area contributed by atoms with Gasteiger partial charge in [-0.3, -0.25) is 19.2 Å². The number of alkyl carbamates (subject to hydrolysis) is 1. The molecule has 0 bridgehead atoms. The molecule has 3 aromatic carbocycles. The fourth-order valence-corrected chi connectivity index (χ4v) is 6.30. The molecule has 0 saturated carbocycles. The lowest BCUT2D eigenvalue weighted by Crippen LogP contribution is -2.54. The topological polar surface area (TPSA) is 213 Å². The largest absolute Gasteiger partial charge is 0.497 e. The summed E-state index contributed by atoms with van der Waals surface area (Å²) in [6.07, 6.45) is -5.61. The van der Waals surface area contributed by atoms with Gasteiger partial charge >= 0.3 is 24.0 Å². The molecule has 1 aliphatic heterocycles. The summed E-state index contributed by atoms with van der Waals surface area (Å²) in [7, 11) is 3.15. The highest BCUT2D eigenvalue weighted by Crippen LogP contribution is 2.41. The van der Waals surface area contributed by atoms with Crippen molar-refractivity contribution in [1.82, 2.24) is 10.6 Å². The smallest absolute Gasteiger partial charge is 0.407 e. The van der Waals surface area contributed by atoms with E-state index in [1.54, 1.807) is 14.2 Å². The zero-order valence-corrected chi connectivity index (χ0v) is 33.7. The van der Waals surface area contributed by atoms with Crippen molar-refractivity contribution >= 4 is 29.9 Å². The molecule has 2 amide bonds. The Hall–Kier alpha value is -5.75. The zero-order chi connectivity index (χ0) is 42.8. The number of nitrogens with one attached hydrogen (secondary N) is 2. The van der Waals surface area contributed by atoms with Crippen molar-refractivity contribution in [3.8, 4) is 11.5 Å². The number of methoxy groups -OCH3 is 2. The van der Waals surface area contributed by atoms with E-state index in [2.05, 4.69) is 10.6 Å². The van der Waals surface area contributed by atoms with Gasteiger partial charge in [-0.15, -0.1) is 0 Å². The Morgan fingerprint density at radius 3 is 1.92 bits per heavy atom. The van der Waals surface area contributed by atoms with Crippen molar-refractivity contribution in [2.75, 3.05) is 53.7 Å². The second kappa shape index (κ2) is 23.0. The van der Waals surface area contributed by atoms with Crippen LogP contribution in [0.1, 0.15) is 50.3 Å². The van der Waals surface area contributed by atoms with E-state index in [1.807, 2.05) is 78.9 Å². The minimum Gasteiger partial charge on any atom is -0.497 e. The molecule has 0 aliphatic carbocycles. The van der Waals surface area contributed by atoms with Gasteiger partial charge < -0.3 is 58.4 Å². The van der Waals surface area contributed by atoms with Crippen LogP contribution in [0, 0.1) is 0 Å². The third kappa shape index (κ3) is 14.0. The molecule has 3 aromatic rings. The van der Waals surface area contributed by atoms with Gasteiger partial charge in [0.1, 0.15) is 48.6 Å². The highest BCUT2D eigenvalue weighted by atomic mass is 16.7. The van der Waals surface area contributed by atoms with E-state index < -0.39 is 79.4 Å². The molecule has 1 heterocycles. The molecule has 17 nitrogen and oxygen atoms in total. The zero-order valence-electron chi connectivity index (χ0n) is 33.7.